The maximum absolute atomic E-state index is 12.7. The van der Waals surface area contributed by atoms with Crippen molar-refractivity contribution in [3.05, 3.63) is 0 Å². The van der Waals surface area contributed by atoms with E-state index in [0.717, 1.165) is 0 Å². The van der Waals surface area contributed by atoms with Gasteiger partial charge in [0.15, 0.2) is 0 Å². The number of nitrogens with zero attached hydrogens (tertiary/aromatic N) is 2. The van der Waals surface area contributed by atoms with E-state index in [1.807, 2.05) is 20.8 Å². The molecule has 0 radical (unpaired) electrons. The molecule has 0 aromatic rings. The fourth-order valence-electron chi connectivity index (χ4n) is 3.14. The molecule has 0 saturated carbocycles. The Bertz CT molecular complexity index is 674. The number of halogens is 1. The van der Waals surface area contributed by atoms with Gasteiger partial charge in [-0.3, -0.25) is 0 Å². The summed E-state index contributed by atoms with van der Waals surface area (Å²) in [6.07, 6.45) is -0.845. The molecule has 3 aliphatic rings. The molecular formula is C22H39FN2O8. The lowest BCUT2D eigenvalue weighted by Crippen LogP contribution is -2.49. The summed E-state index contributed by atoms with van der Waals surface area (Å²) >= 11 is 0. The van der Waals surface area contributed by atoms with Crippen molar-refractivity contribution in [2.75, 3.05) is 65.9 Å². The summed E-state index contributed by atoms with van der Waals surface area (Å²) < 4.78 is 39.0. The predicted molar refractivity (Wildman–Crippen MR) is 117 cm³/mol. The Labute approximate surface area is 195 Å². The van der Waals surface area contributed by atoms with Gasteiger partial charge in [0.25, 0.3) is 0 Å². The third-order valence-electron chi connectivity index (χ3n) is 4.82. The van der Waals surface area contributed by atoms with Gasteiger partial charge < -0.3 is 38.6 Å². The zero-order valence-electron chi connectivity index (χ0n) is 20.6. The van der Waals surface area contributed by atoms with Crippen LogP contribution in [0.4, 0.5) is 14.0 Å². The first kappa shape index (κ1) is 27.6. The van der Waals surface area contributed by atoms with E-state index >= 15 is 0 Å². The Morgan fingerprint density at radius 3 is 1.76 bits per heavy atom. The summed E-state index contributed by atoms with van der Waals surface area (Å²) in [5.41, 5.74) is -2.96. The minimum absolute atomic E-state index is 0.108. The third-order valence-corrected chi connectivity index (χ3v) is 4.82. The lowest BCUT2D eigenvalue weighted by atomic mass is 10.1. The second-order valence-electron chi connectivity index (χ2n) is 10.7. The van der Waals surface area contributed by atoms with Crippen LogP contribution < -0.4 is 0 Å². The lowest BCUT2D eigenvalue weighted by molar-refractivity contribution is -0.0536. The minimum Gasteiger partial charge on any atom is -0.444 e. The quantitative estimate of drug-likeness (QED) is 0.570. The van der Waals surface area contributed by atoms with E-state index in [2.05, 4.69) is 0 Å². The number of β-amino-alcohol motifs (C(OH)–C–C–N with tert-alkyl or cyclic N) is 1. The Hall–Kier alpha value is -1.69. The van der Waals surface area contributed by atoms with Gasteiger partial charge in [0.05, 0.1) is 46.1 Å². The van der Waals surface area contributed by atoms with Crippen LogP contribution in [-0.4, -0.2) is 115 Å². The summed E-state index contributed by atoms with van der Waals surface area (Å²) in [6, 6.07) is 0. The van der Waals surface area contributed by atoms with Gasteiger partial charge in [-0.25, -0.2) is 14.0 Å². The summed E-state index contributed by atoms with van der Waals surface area (Å²) in [5.74, 6) is 0. The number of alkyl halides is 1. The molecule has 2 unspecified atom stereocenters. The van der Waals surface area contributed by atoms with Crippen molar-refractivity contribution in [2.24, 2.45) is 0 Å². The molecule has 10 nitrogen and oxygen atoms in total. The first-order valence-corrected chi connectivity index (χ1v) is 11.2. The summed E-state index contributed by atoms with van der Waals surface area (Å²) in [4.78, 5) is 26.6. The molecular weight excluding hydrogens is 439 g/mol. The van der Waals surface area contributed by atoms with Crippen molar-refractivity contribution in [3.8, 4) is 0 Å². The third kappa shape index (κ3) is 9.60. The van der Waals surface area contributed by atoms with Gasteiger partial charge in [-0.05, 0) is 41.5 Å². The van der Waals surface area contributed by atoms with E-state index in [4.69, 9.17) is 23.7 Å². The van der Waals surface area contributed by atoms with E-state index in [-0.39, 0.29) is 38.0 Å². The molecule has 0 aromatic carbocycles. The van der Waals surface area contributed by atoms with Crippen molar-refractivity contribution in [3.63, 3.8) is 0 Å². The zero-order valence-corrected chi connectivity index (χ0v) is 20.6. The van der Waals surface area contributed by atoms with Crippen molar-refractivity contribution in [1.29, 1.82) is 0 Å². The number of amides is 2. The Balaban J connectivity index is 0.000000234. The van der Waals surface area contributed by atoms with Gasteiger partial charge >= 0.3 is 12.2 Å². The van der Waals surface area contributed by atoms with Gasteiger partial charge in [0, 0.05) is 13.1 Å². The number of hydrogen-bond donors (Lipinski definition) is 1. The molecule has 0 aliphatic carbocycles. The smallest absolute Gasteiger partial charge is 0.410 e. The standard InChI is InChI=1S/C11H20FNO4.C11H19NO4/c1-10(2,3)17-9(14)13-4-5-16-8-11(15,6-12)7-13;1-10(2,3)16-9(13)12-4-5-14-7-11(6-12)8-15-11/h15H,4-8H2,1-3H3;4-8H2,1-3H3. The van der Waals surface area contributed by atoms with Gasteiger partial charge in [0.1, 0.15) is 29.1 Å². The molecule has 0 aromatic heterocycles. The molecule has 1 spiro atoms. The Morgan fingerprint density at radius 2 is 1.33 bits per heavy atom. The van der Waals surface area contributed by atoms with E-state index < -0.39 is 29.6 Å². The number of hydrogen-bond acceptors (Lipinski definition) is 8. The van der Waals surface area contributed by atoms with Crippen molar-refractivity contribution in [2.45, 2.75) is 63.9 Å². The van der Waals surface area contributed by atoms with Crippen LogP contribution >= 0.6 is 0 Å². The highest BCUT2D eigenvalue weighted by molar-refractivity contribution is 5.68. The van der Waals surface area contributed by atoms with E-state index in [1.165, 1.54) is 4.90 Å². The first-order valence-electron chi connectivity index (χ1n) is 11.2. The molecule has 3 rings (SSSR count). The summed E-state index contributed by atoms with van der Waals surface area (Å²) in [7, 11) is 0. The van der Waals surface area contributed by atoms with Crippen LogP contribution in [0.5, 0.6) is 0 Å². The lowest BCUT2D eigenvalue weighted by Gasteiger charge is -2.30. The Kier molecular flexibility index (Phi) is 8.94. The maximum atomic E-state index is 12.7. The minimum atomic E-state index is -1.63. The van der Waals surface area contributed by atoms with Crippen molar-refractivity contribution in [1.82, 2.24) is 9.80 Å². The number of epoxide rings is 1. The summed E-state index contributed by atoms with van der Waals surface area (Å²) in [6.45, 7) is 13.2. The number of aliphatic hydroxyl groups is 1. The van der Waals surface area contributed by atoms with Crippen LogP contribution in [0.3, 0.4) is 0 Å². The fraction of sp³-hybridized carbons (Fsp3) is 0.909. The monoisotopic (exact) mass is 478 g/mol. The predicted octanol–water partition coefficient (Wildman–Crippen LogP) is 1.98. The zero-order chi connectivity index (χ0) is 24.9. The molecule has 33 heavy (non-hydrogen) atoms. The van der Waals surface area contributed by atoms with Crippen molar-refractivity contribution >= 4 is 12.2 Å². The number of carbonyl (C=O) groups excluding carboxylic acids is 2. The van der Waals surface area contributed by atoms with Gasteiger partial charge in [-0.2, -0.15) is 0 Å². The molecule has 2 amide bonds. The van der Waals surface area contributed by atoms with Gasteiger partial charge in [-0.15, -0.1) is 0 Å². The molecule has 3 saturated heterocycles. The largest absolute Gasteiger partial charge is 0.444 e. The van der Waals surface area contributed by atoms with Crippen LogP contribution in [0.2, 0.25) is 0 Å². The average Bonchev–Trinajstić information content (AvgIpc) is 3.49. The van der Waals surface area contributed by atoms with Gasteiger partial charge in [-0.1, -0.05) is 0 Å². The Morgan fingerprint density at radius 1 is 0.879 bits per heavy atom. The molecule has 3 aliphatic heterocycles. The number of ether oxygens (including phenoxy) is 5. The summed E-state index contributed by atoms with van der Waals surface area (Å²) in [5, 5.41) is 9.83. The molecule has 0 bridgehead atoms. The van der Waals surface area contributed by atoms with Crippen LogP contribution in [0, 0.1) is 0 Å². The van der Waals surface area contributed by atoms with Crippen LogP contribution in [0.1, 0.15) is 41.5 Å². The highest BCUT2D eigenvalue weighted by Gasteiger charge is 2.49. The molecule has 1 N–H and O–H groups in total. The SMILES string of the molecule is CC(C)(C)OC(=O)N1CCOCC(O)(CF)C1.CC(C)(C)OC(=O)N1CCOCC2(CO2)C1. The van der Waals surface area contributed by atoms with Crippen LogP contribution in [0.15, 0.2) is 0 Å². The van der Waals surface area contributed by atoms with E-state index in [9.17, 15) is 19.1 Å². The van der Waals surface area contributed by atoms with Crippen LogP contribution in [0.25, 0.3) is 0 Å². The topological polar surface area (TPSA) is 110 Å². The van der Waals surface area contributed by atoms with Crippen molar-refractivity contribution < 1.29 is 42.8 Å². The maximum Gasteiger partial charge on any atom is 0.410 e. The van der Waals surface area contributed by atoms with E-state index in [0.29, 0.717) is 32.9 Å². The normalized spacial score (nSPS) is 28.2. The van der Waals surface area contributed by atoms with Gasteiger partial charge in [0.2, 0.25) is 0 Å². The second kappa shape index (κ2) is 10.7. The number of carbonyl (C=O) groups is 2. The van der Waals surface area contributed by atoms with E-state index in [1.54, 1.807) is 25.7 Å². The number of rotatable bonds is 1. The first-order chi connectivity index (χ1) is 15.2. The molecule has 2 atom stereocenters. The molecule has 3 fully saturated rings. The fourth-order valence-corrected chi connectivity index (χ4v) is 3.14. The molecule has 3 heterocycles. The van der Waals surface area contributed by atoms with Crippen LogP contribution in [-0.2, 0) is 23.7 Å². The molecule has 11 heteroatoms. The second-order valence-corrected chi connectivity index (χ2v) is 10.7. The highest BCUT2D eigenvalue weighted by atomic mass is 19.1. The molecule has 192 valence electrons. The highest BCUT2D eigenvalue weighted by Crippen LogP contribution is 2.30. The average molecular weight is 479 g/mol.